The molecular weight excluding hydrogens is 356 g/mol. The minimum absolute atomic E-state index is 0.0613. The lowest BCUT2D eigenvalue weighted by Crippen LogP contribution is -2.36. The first-order valence-corrected chi connectivity index (χ1v) is 10.0. The van der Waals surface area contributed by atoms with Gasteiger partial charge in [-0.1, -0.05) is 48.2 Å². The molecule has 0 radical (unpaired) electrons. The minimum Gasteiger partial charge on any atom is -0.308 e. The van der Waals surface area contributed by atoms with Gasteiger partial charge in [0.25, 0.3) is 0 Å². The normalized spacial score (nSPS) is 15.9. The molecule has 132 valence electrons. The van der Waals surface area contributed by atoms with Crippen molar-refractivity contribution in [2.45, 2.75) is 43.5 Å². The summed E-state index contributed by atoms with van der Waals surface area (Å²) in [5.41, 5.74) is 2.22. The molecule has 1 aromatic heterocycles. The first-order valence-electron chi connectivity index (χ1n) is 8.24. The summed E-state index contributed by atoms with van der Waals surface area (Å²) in [7, 11) is 0. The van der Waals surface area contributed by atoms with Crippen molar-refractivity contribution in [1.29, 1.82) is 0 Å². The standard InChI is InChI=1S/C17H20N4O2S2/c1-3-6-14(22)18-16-19-20-17(25-16)24-10-15(23)21-11(2)9-12-7-4-5-8-13(12)21/h4-5,7-8,11H,3,6,9-10H2,1-2H3,(H,18,19,22). The van der Waals surface area contributed by atoms with E-state index < -0.39 is 0 Å². The summed E-state index contributed by atoms with van der Waals surface area (Å²) < 4.78 is 0.681. The van der Waals surface area contributed by atoms with Gasteiger partial charge in [0.05, 0.1) is 5.75 Å². The van der Waals surface area contributed by atoms with Gasteiger partial charge in [0, 0.05) is 18.2 Å². The summed E-state index contributed by atoms with van der Waals surface area (Å²) in [6.07, 6.45) is 2.14. The fraction of sp³-hybridized carbons (Fsp3) is 0.412. The summed E-state index contributed by atoms with van der Waals surface area (Å²) in [6.45, 7) is 4.01. The maximum Gasteiger partial charge on any atom is 0.237 e. The van der Waals surface area contributed by atoms with E-state index in [2.05, 4.69) is 28.5 Å². The molecule has 0 fully saturated rings. The molecule has 1 aliphatic heterocycles. The highest BCUT2D eigenvalue weighted by atomic mass is 32.2. The third-order valence-corrected chi connectivity index (χ3v) is 5.88. The van der Waals surface area contributed by atoms with Crippen LogP contribution in [0, 0.1) is 0 Å². The summed E-state index contributed by atoms with van der Waals surface area (Å²) in [5, 5.41) is 11.2. The number of anilines is 2. The third-order valence-electron chi connectivity index (χ3n) is 3.92. The molecule has 1 atom stereocenters. The molecule has 1 aromatic carbocycles. The molecule has 0 aliphatic carbocycles. The highest BCUT2D eigenvalue weighted by Gasteiger charge is 2.30. The topological polar surface area (TPSA) is 75.2 Å². The Balaban J connectivity index is 1.58. The highest BCUT2D eigenvalue weighted by molar-refractivity contribution is 8.01. The molecule has 0 bridgehead atoms. The fourth-order valence-electron chi connectivity index (χ4n) is 2.87. The predicted octanol–water partition coefficient (Wildman–Crippen LogP) is 3.35. The van der Waals surface area contributed by atoms with Crippen LogP contribution in [0.25, 0.3) is 0 Å². The Morgan fingerprint density at radius 3 is 2.96 bits per heavy atom. The van der Waals surface area contributed by atoms with E-state index in [1.165, 1.54) is 28.7 Å². The van der Waals surface area contributed by atoms with Gasteiger partial charge >= 0.3 is 0 Å². The van der Waals surface area contributed by atoms with Crippen molar-refractivity contribution in [3.05, 3.63) is 29.8 Å². The van der Waals surface area contributed by atoms with Crippen LogP contribution >= 0.6 is 23.1 Å². The van der Waals surface area contributed by atoms with Crippen molar-refractivity contribution in [3.8, 4) is 0 Å². The molecular formula is C17H20N4O2S2. The lowest BCUT2D eigenvalue weighted by Gasteiger charge is -2.22. The second-order valence-corrected chi connectivity index (χ2v) is 8.11. The van der Waals surface area contributed by atoms with Crippen molar-refractivity contribution in [2.24, 2.45) is 0 Å². The molecule has 1 N–H and O–H groups in total. The lowest BCUT2D eigenvalue weighted by molar-refractivity contribution is -0.117. The van der Waals surface area contributed by atoms with E-state index in [0.717, 1.165) is 18.5 Å². The van der Waals surface area contributed by atoms with Gasteiger partial charge in [-0.15, -0.1) is 10.2 Å². The summed E-state index contributed by atoms with van der Waals surface area (Å²) in [5.74, 6) is 0.305. The number of para-hydroxylation sites is 1. The van der Waals surface area contributed by atoms with E-state index in [1.54, 1.807) is 0 Å². The van der Waals surface area contributed by atoms with Crippen LogP contribution in [0.2, 0.25) is 0 Å². The number of fused-ring (bicyclic) bond motifs is 1. The van der Waals surface area contributed by atoms with E-state index in [1.807, 2.05) is 30.0 Å². The zero-order chi connectivity index (χ0) is 17.8. The number of nitrogens with one attached hydrogen (secondary N) is 1. The molecule has 1 aliphatic rings. The zero-order valence-corrected chi connectivity index (χ0v) is 15.8. The highest BCUT2D eigenvalue weighted by Crippen LogP contribution is 2.33. The first-order chi connectivity index (χ1) is 12.1. The van der Waals surface area contributed by atoms with Gasteiger partial charge in [0.2, 0.25) is 16.9 Å². The molecule has 2 heterocycles. The third kappa shape index (κ3) is 4.19. The van der Waals surface area contributed by atoms with E-state index >= 15 is 0 Å². The second kappa shape index (κ2) is 7.97. The lowest BCUT2D eigenvalue weighted by atomic mass is 10.1. The van der Waals surface area contributed by atoms with E-state index in [9.17, 15) is 9.59 Å². The summed E-state index contributed by atoms with van der Waals surface area (Å²) >= 11 is 2.65. The van der Waals surface area contributed by atoms with Crippen molar-refractivity contribution in [1.82, 2.24) is 10.2 Å². The van der Waals surface area contributed by atoms with Crippen LogP contribution in [0.15, 0.2) is 28.6 Å². The molecule has 2 amide bonds. The largest absolute Gasteiger partial charge is 0.308 e. The molecule has 0 saturated heterocycles. The maximum absolute atomic E-state index is 12.7. The molecule has 0 saturated carbocycles. The van der Waals surface area contributed by atoms with Crippen LogP contribution in [0.3, 0.4) is 0 Å². The number of hydrogen-bond donors (Lipinski definition) is 1. The first kappa shape index (κ1) is 17.9. The van der Waals surface area contributed by atoms with Crippen molar-refractivity contribution in [3.63, 3.8) is 0 Å². The molecule has 2 aromatic rings. The molecule has 1 unspecified atom stereocenters. The number of thioether (sulfide) groups is 1. The van der Waals surface area contributed by atoms with Gasteiger partial charge in [0.1, 0.15) is 0 Å². The number of amides is 2. The Labute approximate surface area is 155 Å². The number of aromatic nitrogens is 2. The average molecular weight is 377 g/mol. The van der Waals surface area contributed by atoms with E-state index in [0.29, 0.717) is 21.6 Å². The van der Waals surface area contributed by atoms with Crippen molar-refractivity contribution in [2.75, 3.05) is 16.0 Å². The maximum atomic E-state index is 12.7. The number of nitrogens with zero attached hydrogens (tertiary/aromatic N) is 3. The van der Waals surface area contributed by atoms with Crippen LogP contribution in [0.5, 0.6) is 0 Å². The van der Waals surface area contributed by atoms with Gasteiger partial charge in [-0.25, -0.2) is 0 Å². The molecule has 3 rings (SSSR count). The Hall–Kier alpha value is -1.93. The second-order valence-electron chi connectivity index (χ2n) is 5.91. The van der Waals surface area contributed by atoms with E-state index in [4.69, 9.17) is 0 Å². The van der Waals surface area contributed by atoms with Crippen LogP contribution in [-0.4, -0.2) is 33.8 Å². The summed E-state index contributed by atoms with van der Waals surface area (Å²) in [4.78, 5) is 26.1. The van der Waals surface area contributed by atoms with Gasteiger partial charge in [-0.05, 0) is 31.4 Å². The van der Waals surface area contributed by atoms with Gasteiger partial charge in [-0.3, -0.25) is 9.59 Å². The Bertz CT molecular complexity index is 778. The number of carbonyl (C=O) groups is 2. The van der Waals surface area contributed by atoms with Crippen LogP contribution < -0.4 is 10.2 Å². The predicted molar refractivity (Wildman–Crippen MR) is 101 cm³/mol. The molecule has 6 nitrogen and oxygen atoms in total. The minimum atomic E-state index is -0.0613. The van der Waals surface area contributed by atoms with Gasteiger partial charge < -0.3 is 10.2 Å². The number of benzene rings is 1. The van der Waals surface area contributed by atoms with Gasteiger partial charge in [0.15, 0.2) is 4.34 Å². The van der Waals surface area contributed by atoms with E-state index in [-0.39, 0.29) is 17.9 Å². The zero-order valence-electron chi connectivity index (χ0n) is 14.2. The monoisotopic (exact) mass is 376 g/mol. The van der Waals surface area contributed by atoms with Crippen molar-refractivity contribution >= 4 is 45.7 Å². The average Bonchev–Trinajstić information content (AvgIpc) is 3.16. The number of carbonyl (C=O) groups excluding carboxylic acids is 2. The Morgan fingerprint density at radius 2 is 2.16 bits per heavy atom. The fourth-order valence-corrected chi connectivity index (χ4v) is 4.49. The van der Waals surface area contributed by atoms with Crippen LogP contribution in [0.1, 0.15) is 32.3 Å². The molecule has 8 heteroatoms. The molecule has 25 heavy (non-hydrogen) atoms. The molecule has 0 spiro atoms. The Kier molecular flexibility index (Phi) is 5.70. The number of rotatable bonds is 6. The summed E-state index contributed by atoms with van der Waals surface area (Å²) in [6, 6.07) is 8.20. The van der Waals surface area contributed by atoms with Crippen molar-refractivity contribution < 1.29 is 9.59 Å². The Morgan fingerprint density at radius 1 is 1.36 bits per heavy atom. The van der Waals surface area contributed by atoms with Gasteiger partial charge in [-0.2, -0.15) is 0 Å². The quantitative estimate of drug-likeness (QED) is 0.618. The van der Waals surface area contributed by atoms with Crippen LogP contribution in [-0.2, 0) is 16.0 Å². The number of hydrogen-bond acceptors (Lipinski definition) is 6. The van der Waals surface area contributed by atoms with Crippen LogP contribution in [0.4, 0.5) is 10.8 Å². The SMILES string of the molecule is CCCC(=O)Nc1nnc(SCC(=O)N2c3ccccc3CC2C)s1. The smallest absolute Gasteiger partial charge is 0.237 e.